The van der Waals surface area contributed by atoms with Crippen molar-refractivity contribution in [3.8, 4) is 0 Å². The highest BCUT2D eigenvalue weighted by Crippen LogP contribution is 2.44. The second kappa shape index (κ2) is 9.14. The predicted octanol–water partition coefficient (Wildman–Crippen LogP) is 2.29. The van der Waals surface area contributed by atoms with Crippen molar-refractivity contribution in [1.82, 2.24) is 0 Å². The second-order valence-corrected chi connectivity index (χ2v) is 10.8. The summed E-state index contributed by atoms with van der Waals surface area (Å²) in [7, 11) is 0. The van der Waals surface area contributed by atoms with E-state index in [1.165, 1.54) is 6.54 Å². The summed E-state index contributed by atoms with van der Waals surface area (Å²) in [5.41, 5.74) is 0. The Balaban J connectivity index is 1.29. The molecule has 8 nitrogen and oxygen atoms in total. The van der Waals surface area contributed by atoms with Gasteiger partial charge in [0.1, 0.15) is 37.5 Å². The third kappa shape index (κ3) is 5.61. The topological polar surface area (TPSA) is 64.6 Å². The first-order valence-corrected chi connectivity index (χ1v) is 12.0. The van der Waals surface area contributed by atoms with E-state index in [1.54, 1.807) is 0 Å². The highest BCUT2D eigenvalue weighted by atomic mass is 16.9. The summed E-state index contributed by atoms with van der Waals surface area (Å²) in [4.78, 5) is 0. The lowest BCUT2D eigenvalue weighted by molar-refractivity contribution is -0.938. The molecular formula is C23H42NO7+. The van der Waals surface area contributed by atoms with Gasteiger partial charge in [-0.3, -0.25) is 0 Å². The summed E-state index contributed by atoms with van der Waals surface area (Å²) in [6.45, 7) is 19.7. The number of hydrogen-bond acceptors (Lipinski definition) is 7. The molecule has 0 amide bonds. The SMILES string of the molecule is CC(C)C[N+]1(CCCOC[C@H]2O[C@@H]3OC(C)(C)O[C@@H]3[C@H]3OC(C)(C)O[C@H]32)CCOCC1. The third-order valence-electron chi connectivity index (χ3n) is 6.63. The van der Waals surface area contributed by atoms with Crippen molar-refractivity contribution in [3.05, 3.63) is 0 Å². The highest BCUT2D eigenvalue weighted by molar-refractivity contribution is 5.00. The molecule has 0 aromatic carbocycles. The average Bonchev–Trinajstić information content (AvgIpc) is 3.15. The maximum atomic E-state index is 6.22. The van der Waals surface area contributed by atoms with E-state index >= 15 is 0 Å². The zero-order valence-corrected chi connectivity index (χ0v) is 20.1. The fourth-order valence-corrected chi connectivity index (χ4v) is 5.53. The molecule has 8 heteroatoms. The van der Waals surface area contributed by atoms with Crippen LogP contribution in [0, 0.1) is 5.92 Å². The van der Waals surface area contributed by atoms with E-state index in [2.05, 4.69) is 13.8 Å². The van der Waals surface area contributed by atoms with Crippen molar-refractivity contribution >= 4 is 0 Å². The van der Waals surface area contributed by atoms with Gasteiger partial charge in [0, 0.05) is 12.3 Å². The molecule has 0 N–H and O–H groups in total. The maximum absolute atomic E-state index is 6.22. The Morgan fingerprint density at radius 3 is 2.26 bits per heavy atom. The number of fused-ring (bicyclic) bond motifs is 3. The van der Waals surface area contributed by atoms with E-state index in [0.29, 0.717) is 19.1 Å². The normalized spacial score (nSPS) is 38.2. The van der Waals surface area contributed by atoms with Gasteiger partial charge in [-0.05, 0) is 27.7 Å². The van der Waals surface area contributed by atoms with Gasteiger partial charge in [0.05, 0.1) is 39.5 Å². The molecule has 4 fully saturated rings. The smallest absolute Gasteiger partial charge is 0.190 e. The van der Waals surface area contributed by atoms with Crippen LogP contribution in [0.5, 0.6) is 0 Å². The number of hydrogen-bond donors (Lipinski definition) is 0. The molecule has 31 heavy (non-hydrogen) atoms. The molecule has 0 spiro atoms. The number of morpholine rings is 1. The number of quaternary nitrogens is 1. The van der Waals surface area contributed by atoms with E-state index in [1.807, 2.05) is 27.7 Å². The molecule has 0 aliphatic carbocycles. The van der Waals surface area contributed by atoms with Crippen LogP contribution < -0.4 is 0 Å². The van der Waals surface area contributed by atoms with E-state index in [4.69, 9.17) is 33.2 Å². The molecule has 0 aromatic heterocycles. The highest BCUT2D eigenvalue weighted by Gasteiger charge is 2.60. The minimum absolute atomic E-state index is 0.225. The summed E-state index contributed by atoms with van der Waals surface area (Å²) in [6.07, 6.45) is -0.428. The van der Waals surface area contributed by atoms with Crippen LogP contribution in [-0.2, 0) is 33.2 Å². The van der Waals surface area contributed by atoms with Crippen LogP contribution in [-0.4, -0.2) is 99.4 Å². The van der Waals surface area contributed by atoms with Gasteiger partial charge in [-0.15, -0.1) is 0 Å². The lowest BCUT2D eigenvalue weighted by Crippen LogP contribution is -2.57. The average molecular weight is 445 g/mol. The van der Waals surface area contributed by atoms with Gasteiger partial charge >= 0.3 is 0 Å². The van der Waals surface area contributed by atoms with Crippen LogP contribution in [0.4, 0.5) is 0 Å². The first-order valence-electron chi connectivity index (χ1n) is 12.0. The molecule has 0 unspecified atom stereocenters. The Morgan fingerprint density at radius 1 is 0.903 bits per heavy atom. The molecule has 4 rings (SSSR count). The summed E-state index contributed by atoms with van der Waals surface area (Å²) in [5.74, 6) is -0.690. The van der Waals surface area contributed by atoms with Crippen LogP contribution in [0.1, 0.15) is 48.0 Å². The summed E-state index contributed by atoms with van der Waals surface area (Å²) < 4.78 is 43.4. The predicted molar refractivity (Wildman–Crippen MR) is 113 cm³/mol. The Morgan fingerprint density at radius 2 is 1.55 bits per heavy atom. The molecule has 0 saturated carbocycles. The zero-order chi connectivity index (χ0) is 22.3. The molecule has 5 atom stereocenters. The lowest BCUT2D eigenvalue weighted by Gasteiger charge is -2.42. The van der Waals surface area contributed by atoms with Crippen LogP contribution in [0.2, 0.25) is 0 Å². The Bertz CT molecular complexity index is 605. The summed E-state index contributed by atoms with van der Waals surface area (Å²) in [6, 6.07) is 0. The van der Waals surface area contributed by atoms with Crippen molar-refractivity contribution in [1.29, 1.82) is 0 Å². The van der Waals surface area contributed by atoms with Crippen molar-refractivity contribution < 1.29 is 37.6 Å². The van der Waals surface area contributed by atoms with Crippen LogP contribution >= 0.6 is 0 Å². The molecule has 4 aliphatic rings. The monoisotopic (exact) mass is 444 g/mol. The molecule has 180 valence electrons. The molecule has 0 bridgehead atoms. The first-order chi connectivity index (χ1) is 14.6. The van der Waals surface area contributed by atoms with Crippen molar-refractivity contribution in [2.24, 2.45) is 5.92 Å². The van der Waals surface area contributed by atoms with Gasteiger partial charge in [0.2, 0.25) is 0 Å². The van der Waals surface area contributed by atoms with Crippen molar-refractivity contribution in [2.75, 3.05) is 52.6 Å². The van der Waals surface area contributed by atoms with Crippen molar-refractivity contribution in [2.45, 2.75) is 90.2 Å². The third-order valence-corrected chi connectivity index (χ3v) is 6.63. The fourth-order valence-electron chi connectivity index (χ4n) is 5.53. The van der Waals surface area contributed by atoms with E-state index in [0.717, 1.165) is 43.8 Å². The molecule has 0 aromatic rings. The largest absolute Gasteiger partial charge is 0.378 e. The van der Waals surface area contributed by atoms with Crippen molar-refractivity contribution in [3.63, 3.8) is 0 Å². The molecular weight excluding hydrogens is 402 g/mol. The minimum Gasteiger partial charge on any atom is -0.378 e. The molecule has 0 radical (unpaired) electrons. The molecule has 4 aliphatic heterocycles. The van der Waals surface area contributed by atoms with Gasteiger partial charge in [0.25, 0.3) is 0 Å². The van der Waals surface area contributed by atoms with Gasteiger partial charge in [-0.1, -0.05) is 13.8 Å². The lowest BCUT2D eigenvalue weighted by atomic mass is 9.99. The van der Waals surface area contributed by atoms with Gasteiger partial charge < -0.3 is 37.6 Å². The second-order valence-electron chi connectivity index (χ2n) is 10.8. The van der Waals surface area contributed by atoms with E-state index in [9.17, 15) is 0 Å². The van der Waals surface area contributed by atoms with Gasteiger partial charge in [-0.2, -0.15) is 0 Å². The van der Waals surface area contributed by atoms with Crippen LogP contribution in [0.15, 0.2) is 0 Å². The zero-order valence-electron chi connectivity index (χ0n) is 20.1. The minimum atomic E-state index is -0.696. The number of ether oxygens (including phenoxy) is 7. The fraction of sp³-hybridized carbons (Fsp3) is 1.00. The standard InChI is InChI=1S/C23H42NO7/c1-16(2)14-24(9-12-25-13-10-24)8-7-11-26-15-17-18-19(29-22(3,4)28-18)20-21(27-17)31-23(5,6)30-20/h16-21H,7-15H2,1-6H3/q+1/t17-,18+,19+,20-,21-/m1/s1. The van der Waals surface area contributed by atoms with Gasteiger partial charge in [0.15, 0.2) is 17.9 Å². The maximum Gasteiger partial charge on any atom is 0.190 e. The number of nitrogens with zero attached hydrogens (tertiary/aromatic N) is 1. The summed E-state index contributed by atoms with van der Waals surface area (Å²) in [5, 5.41) is 0. The Hall–Kier alpha value is -0.320. The van der Waals surface area contributed by atoms with Crippen LogP contribution in [0.25, 0.3) is 0 Å². The van der Waals surface area contributed by atoms with Crippen LogP contribution in [0.3, 0.4) is 0 Å². The molecule has 4 saturated heterocycles. The Kier molecular flexibility index (Phi) is 7.03. The Labute approximate surface area is 187 Å². The quantitative estimate of drug-likeness (QED) is 0.420. The van der Waals surface area contributed by atoms with E-state index in [-0.39, 0.29) is 24.4 Å². The molecule has 4 heterocycles. The van der Waals surface area contributed by atoms with E-state index < -0.39 is 17.9 Å². The summed E-state index contributed by atoms with van der Waals surface area (Å²) >= 11 is 0. The van der Waals surface area contributed by atoms with Gasteiger partial charge in [-0.25, -0.2) is 0 Å². The number of rotatable bonds is 8. The first kappa shape index (κ1) is 23.8.